The monoisotopic (exact) mass is 340 g/mol. The smallest absolute Gasteiger partial charge is 0.316 e. The first-order chi connectivity index (χ1) is 11.2. The van der Waals surface area contributed by atoms with Gasteiger partial charge in [0.1, 0.15) is 0 Å². The molecule has 0 fully saturated rings. The molecule has 0 saturated carbocycles. The predicted molar refractivity (Wildman–Crippen MR) is 104 cm³/mol. The second-order valence-electron chi connectivity index (χ2n) is 6.23. The lowest BCUT2D eigenvalue weighted by Crippen LogP contribution is -2.12. The van der Waals surface area contributed by atoms with Crippen molar-refractivity contribution in [2.24, 2.45) is 0 Å². The van der Waals surface area contributed by atoms with Gasteiger partial charge in [-0.25, -0.2) is 0 Å². The SMILES string of the molecule is CCCCC/C=C\C/C=C\CCCCCCCCC(S)C(=O)O. The summed E-state index contributed by atoms with van der Waals surface area (Å²) in [6, 6.07) is 0. The van der Waals surface area contributed by atoms with Crippen LogP contribution in [0.3, 0.4) is 0 Å². The van der Waals surface area contributed by atoms with Gasteiger partial charge in [-0.05, 0) is 38.5 Å². The molecule has 0 heterocycles. The Labute approximate surface area is 148 Å². The van der Waals surface area contributed by atoms with Crippen molar-refractivity contribution in [3.8, 4) is 0 Å². The quantitative estimate of drug-likeness (QED) is 0.189. The van der Waals surface area contributed by atoms with E-state index in [1.54, 1.807) is 0 Å². The van der Waals surface area contributed by atoms with E-state index in [9.17, 15) is 4.79 Å². The van der Waals surface area contributed by atoms with Crippen LogP contribution in [-0.4, -0.2) is 16.3 Å². The molecule has 2 nitrogen and oxygen atoms in total. The third-order valence-corrected chi connectivity index (χ3v) is 4.44. The van der Waals surface area contributed by atoms with Crippen LogP contribution in [0.15, 0.2) is 24.3 Å². The molecule has 1 N–H and O–H groups in total. The highest BCUT2D eigenvalue weighted by Crippen LogP contribution is 2.12. The number of rotatable bonds is 16. The molecule has 0 spiro atoms. The number of carbonyl (C=O) groups is 1. The molecule has 0 aromatic carbocycles. The summed E-state index contributed by atoms with van der Waals surface area (Å²) in [5.41, 5.74) is 0. The first-order valence-corrected chi connectivity index (χ1v) is 9.91. The molecule has 0 aliphatic heterocycles. The van der Waals surface area contributed by atoms with Gasteiger partial charge < -0.3 is 5.11 Å². The minimum atomic E-state index is -0.795. The zero-order chi connectivity index (χ0) is 17.2. The number of unbranched alkanes of at least 4 members (excludes halogenated alkanes) is 9. The standard InChI is InChI=1S/C20H36O2S/c1-2-3-4-5-6-7-8-9-10-11-12-13-14-15-16-17-18-19(23)20(21)22/h6-7,9-10,19,23H,2-5,8,11-18H2,1H3,(H,21,22)/b7-6-,10-9-. The van der Waals surface area contributed by atoms with E-state index in [1.165, 1.54) is 57.8 Å². The van der Waals surface area contributed by atoms with Crippen molar-refractivity contribution >= 4 is 18.6 Å². The molecule has 23 heavy (non-hydrogen) atoms. The summed E-state index contributed by atoms with van der Waals surface area (Å²) in [5, 5.41) is 8.24. The van der Waals surface area contributed by atoms with E-state index < -0.39 is 11.2 Å². The van der Waals surface area contributed by atoms with Crippen molar-refractivity contribution in [1.29, 1.82) is 0 Å². The van der Waals surface area contributed by atoms with Crippen LogP contribution in [0.1, 0.15) is 90.4 Å². The Morgan fingerprint density at radius 3 is 1.96 bits per heavy atom. The molecule has 0 aromatic rings. The average Bonchev–Trinajstić information content (AvgIpc) is 2.54. The first kappa shape index (κ1) is 22.3. The van der Waals surface area contributed by atoms with Gasteiger partial charge in [-0.2, -0.15) is 12.6 Å². The molecule has 1 unspecified atom stereocenters. The molecule has 0 saturated heterocycles. The van der Waals surface area contributed by atoms with Crippen LogP contribution in [0.5, 0.6) is 0 Å². The Kier molecular flexibility index (Phi) is 17.1. The van der Waals surface area contributed by atoms with E-state index in [0.717, 1.165) is 19.3 Å². The Morgan fingerprint density at radius 2 is 1.39 bits per heavy atom. The Hall–Kier alpha value is -0.700. The first-order valence-electron chi connectivity index (χ1n) is 9.39. The molecule has 0 amide bonds. The summed E-state index contributed by atoms with van der Waals surface area (Å²) in [5.74, 6) is -0.795. The van der Waals surface area contributed by atoms with Gasteiger partial charge in [-0.15, -0.1) is 0 Å². The van der Waals surface area contributed by atoms with Crippen molar-refractivity contribution < 1.29 is 9.90 Å². The fraction of sp³-hybridized carbons (Fsp3) is 0.750. The molecule has 0 aliphatic carbocycles. The third-order valence-electron chi connectivity index (χ3n) is 3.96. The van der Waals surface area contributed by atoms with E-state index in [0.29, 0.717) is 6.42 Å². The Bertz CT molecular complexity index is 324. The summed E-state index contributed by atoms with van der Waals surface area (Å²) in [6.45, 7) is 2.24. The van der Waals surface area contributed by atoms with Crippen LogP contribution < -0.4 is 0 Å². The molecule has 0 radical (unpaired) electrons. The zero-order valence-electron chi connectivity index (χ0n) is 14.9. The molecule has 0 aliphatic rings. The van der Waals surface area contributed by atoms with Crippen LogP contribution in [0.2, 0.25) is 0 Å². The summed E-state index contributed by atoms with van der Waals surface area (Å²) in [4.78, 5) is 10.6. The Balaban J connectivity index is 3.23. The highest BCUT2D eigenvalue weighted by Gasteiger charge is 2.10. The molecule has 0 rings (SSSR count). The number of allylic oxidation sites excluding steroid dienone is 4. The topological polar surface area (TPSA) is 37.3 Å². The van der Waals surface area contributed by atoms with E-state index in [1.807, 2.05) is 0 Å². The number of hydrogen-bond acceptors (Lipinski definition) is 2. The molecule has 134 valence electrons. The number of carboxylic acid groups (broad SMARTS) is 1. The van der Waals surface area contributed by atoms with Crippen molar-refractivity contribution in [2.75, 3.05) is 0 Å². The van der Waals surface area contributed by atoms with Crippen LogP contribution in [0.25, 0.3) is 0 Å². The van der Waals surface area contributed by atoms with Crippen molar-refractivity contribution in [3.05, 3.63) is 24.3 Å². The van der Waals surface area contributed by atoms with Crippen molar-refractivity contribution in [3.63, 3.8) is 0 Å². The lowest BCUT2D eigenvalue weighted by molar-refractivity contribution is -0.136. The van der Waals surface area contributed by atoms with Gasteiger partial charge in [0.25, 0.3) is 0 Å². The summed E-state index contributed by atoms with van der Waals surface area (Å²) in [7, 11) is 0. The maximum atomic E-state index is 10.6. The van der Waals surface area contributed by atoms with Crippen LogP contribution in [0, 0.1) is 0 Å². The van der Waals surface area contributed by atoms with Gasteiger partial charge in [-0.1, -0.05) is 76.2 Å². The van der Waals surface area contributed by atoms with E-state index in [4.69, 9.17) is 5.11 Å². The number of thiol groups is 1. The number of carboxylic acids is 1. The third kappa shape index (κ3) is 17.5. The zero-order valence-corrected chi connectivity index (χ0v) is 15.8. The normalized spacial score (nSPS) is 13.1. The highest BCUT2D eigenvalue weighted by molar-refractivity contribution is 7.81. The summed E-state index contributed by atoms with van der Waals surface area (Å²) >= 11 is 4.04. The molecule has 3 heteroatoms. The highest BCUT2D eigenvalue weighted by atomic mass is 32.1. The minimum Gasteiger partial charge on any atom is -0.480 e. The number of hydrogen-bond donors (Lipinski definition) is 2. The van der Waals surface area contributed by atoms with Crippen molar-refractivity contribution in [2.45, 2.75) is 95.6 Å². The maximum Gasteiger partial charge on any atom is 0.316 e. The molecule has 0 bridgehead atoms. The van der Waals surface area contributed by atoms with Crippen molar-refractivity contribution in [1.82, 2.24) is 0 Å². The molecule has 0 aromatic heterocycles. The summed E-state index contributed by atoms with van der Waals surface area (Å²) in [6.07, 6.45) is 24.4. The average molecular weight is 341 g/mol. The second kappa shape index (κ2) is 17.7. The van der Waals surface area contributed by atoms with Gasteiger partial charge in [0.2, 0.25) is 0 Å². The lowest BCUT2D eigenvalue weighted by Gasteiger charge is -2.04. The molecular weight excluding hydrogens is 304 g/mol. The number of aliphatic carboxylic acids is 1. The fourth-order valence-corrected chi connectivity index (χ4v) is 2.63. The van der Waals surface area contributed by atoms with Gasteiger partial charge in [0.05, 0.1) is 5.25 Å². The van der Waals surface area contributed by atoms with Crippen LogP contribution >= 0.6 is 12.6 Å². The maximum absolute atomic E-state index is 10.6. The Morgan fingerprint density at radius 1 is 0.870 bits per heavy atom. The predicted octanol–water partition coefficient (Wildman–Crippen LogP) is 6.57. The van der Waals surface area contributed by atoms with E-state index in [2.05, 4.69) is 43.9 Å². The lowest BCUT2D eigenvalue weighted by atomic mass is 10.1. The molecule has 1 atom stereocenters. The fourth-order valence-electron chi connectivity index (χ4n) is 2.45. The summed E-state index contributed by atoms with van der Waals surface area (Å²) < 4.78 is 0. The van der Waals surface area contributed by atoms with Crippen LogP contribution in [-0.2, 0) is 4.79 Å². The van der Waals surface area contributed by atoms with Crippen LogP contribution in [0.4, 0.5) is 0 Å². The van der Waals surface area contributed by atoms with Gasteiger partial charge in [-0.3, -0.25) is 4.79 Å². The minimum absolute atomic E-state index is 0.485. The molecular formula is C20H36O2S. The van der Waals surface area contributed by atoms with E-state index in [-0.39, 0.29) is 0 Å². The van der Waals surface area contributed by atoms with Gasteiger partial charge in [0.15, 0.2) is 0 Å². The van der Waals surface area contributed by atoms with E-state index >= 15 is 0 Å². The van der Waals surface area contributed by atoms with Gasteiger partial charge >= 0.3 is 5.97 Å². The van der Waals surface area contributed by atoms with Gasteiger partial charge in [0, 0.05) is 0 Å². The largest absolute Gasteiger partial charge is 0.480 e. The second-order valence-corrected chi connectivity index (χ2v) is 6.85.